The number of nitrogens with one attached hydrogen (secondary N) is 1. The molecule has 1 aromatic heterocycles. The Balaban J connectivity index is 1.60. The van der Waals surface area contributed by atoms with Crippen molar-refractivity contribution in [1.82, 2.24) is 4.98 Å². The normalized spacial score (nSPS) is 14.9. The molecule has 0 atom stereocenters. The predicted molar refractivity (Wildman–Crippen MR) is 111 cm³/mol. The van der Waals surface area contributed by atoms with Crippen LogP contribution in [0.25, 0.3) is 11.1 Å². The highest BCUT2D eigenvalue weighted by Crippen LogP contribution is 2.44. The molecule has 0 spiro atoms. The number of rotatable bonds is 5. The second-order valence-electron chi connectivity index (χ2n) is 7.65. The van der Waals surface area contributed by atoms with Gasteiger partial charge in [0.1, 0.15) is 5.82 Å². The number of aliphatic hydroxyl groups excluding tert-OH is 1. The van der Waals surface area contributed by atoms with Gasteiger partial charge in [-0.05, 0) is 61.2 Å². The van der Waals surface area contributed by atoms with E-state index in [1.165, 1.54) is 12.1 Å². The van der Waals surface area contributed by atoms with Gasteiger partial charge in [-0.1, -0.05) is 36.2 Å². The maximum Gasteiger partial charge on any atom is 0.236 e. The first-order chi connectivity index (χ1) is 14.0. The summed E-state index contributed by atoms with van der Waals surface area (Å²) in [4.78, 5) is 17.6. The lowest BCUT2D eigenvalue weighted by Crippen LogP contribution is -2.46. The van der Waals surface area contributed by atoms with E-state index in [4.69, 9.17) is 0 Å². The van der Waals surface area contributed by atoms with Crippen molar-refractivity contribution in [2.24, 2.45) is 0 Å². The molecule has 4 nitrogen and oxygen atoms in total. The molecule has 29 heavy (non-hydrogen) atoms. The third-order valence-electron chi connectivity index (χ3n) is 5.74. The number of carbonyl (C=O) groups is 1. The van der Waals surface area contributed by atoms with E-state index in [-0.39, 0.29) is 18.3 Å². The van der Waals surface area contributed by atoms with E-state index >= 15 is 0 Å². The van der Waals surface area contributed by atoms with Crippen LogP contribution in [0.5, 0.6) is 0 Å². The Hall–Kier alpha value is -3.05. The van der Waals surface area contributed by atoms with Crippen molar-refractivity contribution in [3.63, 3.8) is 0 Å². The molecule has 1 fully saturated rings. The Morgan fingerprint density at radius 1 is 1.14 bits per heavy atom. The topological polar surface area (TPSA) is 62.2 Å². The second-order valence-corrected chi connectivity index (χ2v) is 7.65. The predicted octanol–water partition coefficient (Wildman–Crippen LogP) is 4.75. The zero-order valence-corrected chi connectivity index (χ0v) is 16.3. The van der Waals surface area contributed by atoms with Crippen molar-refractivity contribution < 1.29 is 14.3 Å². The van der Waals surface area contributed by atoms with E-state index in [0.717, 1.165) is 47.2 Å². The minimum Gasteiger partial charge on any atom is -0.392 e. The number of hydrogen-bond acceptors (Lipinski definition) is 3. The van der Waals surface area contributed by atoms with E-state index in [2.05, 4.69) is 10.3 Å². The van der Waals surface area contributed by atoms with Crippen molar-refractivity contribution in [2.75, 3.05) is 5.32 Å². The third kappa shape index (κ3) is 3.66. The molecule has 2 aromatic carbocycles. The van der Waals surface area contributed by atoms with E-state index in [0.29, 0.717) is 5.69 Å². The molecular weight excluding hydrogens is 367 g/mol. The van der Waals surface area contributed by atoms with Gasteiger partial charge in [0.05, 0.1) is 17.7 Å². The van der Waals surface area contributed by atoms with Crippen LogP contribution in [0.1, 0.15) is 36.1 Å². The van der Waals surface area contributed by atoms with Gasteiger partial charge < -0.3 is 10.4 Å². The maximum absolute atomic E-state index is 13.1. The van der Waals surface area contributed by atoms with Crippen LogP contribution in [-0.2, 0) is 16.8 Å². The van der Waals surface area contributed by atoms with Gasteiger partial charge in [-0.25, -0.2) is 4.39 Å². The first-order valence-corrected chi connectivity index (χ1v) is 9.76. The van der Waals surface area contributed by atoms with Crippen LogP contribution in [0.4, 0.5) is 10.1 Å². The molecule has 4 rings (SSSR count). The number of aryl methyl sites for hydroxylation is 1. The Morgan fingerprint density at radius 3 is 2.48 bits per heavy atom. The number of aliphatic hydroxyl groups is 1. The van der Waals surface area contributed by atoms with Crippen molar-refractivity contribution >= 4 is 11.6 Å². The van der Waals surface area contributed by atoms with Crippen LogP contribution in [0.2, 0.25) is 0 Å². The lowest BCUT2D eigenvalue weighted by molar-refractivity contribution is -0.124. The van der Waals surface area contributed by atoms with Crippen LogP contribution in [-0.4, -0.2) is 16.0 Å². The van der Waals surface area contributed by atoms with Gasteiger partial charge in [-0.3, -0.25) is 9.78 Å². The summed E-state index contributed by atoms with van der Waals surface area (Å²) in [6.45, 7) is 1.95. The number of amides is 1. The number of aromatic nitrogens is 1. The fourth-order valence-electron chi connectivity index (χ4n) is 3.89. The van der Waals surface area contributed by atoms with E-state index < -0.39 is 5.41 Å². The largest absolute Gasteiger partial charge is 0.392 e. The molecule has 0 aliphatic heterocycles. The number of pyridine rings is 1. The molecule has 0 bridgehead atoms. The highest BCUT2D eigenvalue weighted by atomic mass is 19.1. The molecular formula is C24H23FN2O2. The number of halogens is 1. The molecule has 0 unspecified atom stereocenters. The monoisotopic (exact) mass is 390 g/mol. The summed E-state index contributed by atoms with van der Waals surface area (Å²) in [5.41, 5.74) is 4.46. The van der Waals surface area contributed by atoms with Crippen LogP contribution in [0.15, 0.2) is 60.8 Å². The smallest absolute Gasteiger partial charge is 0.236 e. The van der Waals surface area contributed by atoms with Crippen molar-refractivity contribution in [2.45, 2.75) is 38.2 Å². The summed E-state index contributed by atoms with van der Waals surface area (Å²) in [7, 11) is 0. The standard InChI is InChI=1S/C24H23FN2O2/c1-16-3-9-21(18(13-16)15-28)17-4-10-22(26-14-17)24(11-2-12-24)23(29)27-20-7-5-19(25)6-8-20/h3-10,13-14,28H,2,11-12,15H2,1H3,(H,27,29). The van der Waals surface area contributed by atoms with Crippen molar-refractivity contribution in [3.8, 4) is 11.1 Å². The zero-order chi connectivity index (χ0) is 20.4. The van der Waals surface area contributed by atoms with Crippen LogP contribution in [0.3, 0.4) is 0 Å². The number of hydrogen-bond donors (Lipinski definition) is 2. The summed E-state index contributed by atoms with van der Waals surface area (Å²) in [6.07, 6.45) is 4.20. The Bertz CT molecular complexity index is 1030. The molecule has 148 valence electrons. The van der Waals surface area contributed by atoms with Gasteiger partial charge in [0.25, 0.3) is 0 Å². The third-order valence-corrected chi connectivity index (χ3v) is 5.74. The minimum absolute atomic E-state index is 0.0389. The Labute approximate surface area is 169 Å². The molecule has 1 saturated carbocycles. The van der Waals surface area contributed by atoms with Gasteiger partial charge in [0.15, 0.2) is 0 Å². The molecule has 0 radical (unpaired) electrons. The molecule has 3 aromatic rings. The van der Waals surface area contributed by atoms with Gasteiger partial charge in [0.2, 0.25) is 5.91 Å². The van der Waals surface area contributed by atoms with E-state index in [1.54, 1.807) is 18.3 Å². The molecule has 0 saturated heterocycles. The van der Waals surface area contributed by atoms with Crippen LogP contribution < -0.4 is 5.32 Å². The molecule has 1 heterocycles. The molecule has 2 N–H and O–H groups in total. The fraction of sp³-hybridized carbons (Fsp3) is 0.250. The summed E-state index contributed by atoms with van der Waals surface area (Å²) in [5.74, 6) is -0.445. The van der Waals surface area contributed by atoms with Crippen molar-refractivity contribution in [1.29, 1.82) is 0 Å². The Kier molecular flexibility index (Phi) is 5.16. The van der Waals surface area contributed by atoms with Gasteiger partial charge in [-0.15, -0.1) is 0 Å². The SMILES string of the molecule is Cc1ccc(-c2ccc(C3(C(=O)Nc4ccc(F)cc4)CCC3)nc2)c(CO)c1. The van der Waals surface area contributed by atoms with Gasteiger partial charge in [-0.2, -0.15) is 0 Å². The second kappa shape index (κ2) is 7.76. The number of anilines is 1. The Morgan fingerprint density at radius 2 is 1.90 bits per heavy atom. The maximum atomic E-state index is 13.1. The lowest BCUT2D eigenvalue weighted by Gasteiger charge is -2.39. The van der Waals surface area contributed by atoms with Crippen LogP contribution in [0, 0.1) is 12.7 Å². The average molecular weight is 390 g/mol. The summed E-state index contributed by atoms with van der Waals surface area (Å²) >= 11 is 0. The highest BCUT2D eigenvalue weighted by molar-refractivity contribution is 5.99. The molecule has 1 aliphatic rings. The van der Waals surface area contributed by atoms with Crippen LogP contribution >= 0.6 is 0 Å². The number of benzene rings is 2. The molecule has 1 amide bonds. The summed E-state index contributed by atoms with van der Waals surface area (Å²) < 4.78 is 13.1. The number of nitrogens with zero attached hydrogens (tertiary/aromatic N) is 1. The molecule has 5 heteroatoms. The number of carbonyl (C=O) groups excluding carboxylic acids is 1. The average Bonchev–Trinajstić information content (AvgIpc) is 2.69. The summed E-state index contributed by atoms with van der Waals surface area (Å²) in [5, 5.41) is 12.6. The minimum atomic E-state index is -0.653. The van der Waals surface area contributed by atoms with E-state index in [1.807, 2.05) is 37.3 Å². The van der Waals surface area contributed by atoms with Gasteiger partial charge in [0, 0.05) is 17.4 Å². The van der Waals surface area contributed by atoms with Crippen molar-refractivity contribution in [3.05, 3.63) is 83.4 Å². The summed E-state index contributed by atoms with van der Waals surface area (Å²) in [6, 6.07) is 15.6. The highest BCUT2D eigenvalue weighted by Gasteiger charge is 2.46. The van der Waals surface area contributed by atoms with Gasteiger partial charge >= 0.3 is 0 Å². The molecule has 1 aliphatic carbocycles. The van der Waals surface area contributed by atoms with E-state index in [9.17, 15) is 14.3 Å². The lowest BCUT2D eigenvalue weighted by atomic mass is 9.65. The fourth-order valence-corrected chi connectivity index (χ4v) is 3.89. The zero-order valence-electron chi connectivity index (χ0n) is 16.3. The quantitative estimate of drug-likeness (QED) is 0.661. The first-order valence-electron chi connectivity index (χ1n) is 9.76. The first kappa shape index (κ1) is 19.3.